The van der Waals surface area contributed by atoms with Crippen molar-refractivity contribution in [1.82, 2.24) is 4.90 Å². The van der Waals surface area contributed by atoms with Crippen LogP contribution in [-0.2, 0) is 0 Å². The Labute approximate surface area is 151 Å². The minimum Gasteiger partial charge on any atom is -0.497 e. The molecule has 1 N–H and O–H groups in total. The number of hydrogen-bond acceptors (Lipinski definition) is 5. The quantitative estimate of drug-likeness (QED) is 0.657. The zero-order chi connectivity index (χ0) is 18.5. The van der Waals surface area contributed by atoms with Gasteiger partial charge in [0, 0.05) is 48.6 Å². The molecule has 136 valence electrons. The Morgan fingerprint density at radius 3 is 2.62 bits per heavy atom. The van der Waals surface area contributed by atoms with Crippen LogP contribution in [0.25, 0.3) is 0 Å². The predicted molar refractivity (Wildman–Crippen MR) is 98.6 cm³/mol. The Morgan fingerprint density at radius 2 is 1.92 bits per heavy atom. The molecule has 26 heavy (non-hydrogen) atoms. The highest BCUT2D eigenvalue weighted by Crippen LogP contribution is 2.22. The highest BCUT2D eigenvalue weighted by Gasteiger charge is 2.24. The monoisotopic (exact) mass is 355 g/mol. The lowest BCUT2D eigenvalue weighted by Gasteiger charge is -2.33. The van der Waals surface area contributed by atoms with Gasteiger partial charge in [-0.1, -0.05) is 12.1 Å². The second-order valence-electron chi connectivity index (χ2n) is 6.25. The van der Waals surface area contributed by atoms with Crippen molar-refractivity contribution < 1.29 is 14.5 Å². The van der Waals surface area contributed by atoms with Gasteiger partial charge in [-0.05, 0) is 31.0 Å². The molecule has 7 nitrogen and oxygen atoms in total. The molecule has 0 atom stereocenters. The molecule has 1 amide bonds. The summed E-state index contributed by atoms with van der Waals surface area (Å²) >= 11 is 0. The van der Waals surface area contributed by atoms with E-state index in [1.54, 1.807) is 24.1 Å². The van der Waals surface area contributed by atoms with Crippen LogP contribution in [0.2, 0.25) is 0 Å². The molecule has 0 unspecified atom stereocenters. The van der Waals surface area contributed by atoms with Gasteiger partial charge >= 0.3 is 0 Å². The summed E-state index contributed by atoms with van der Waals surface area (Å²) in [5.74, 6) is 0.641. The van der Waals surface area contributed by atoms with E-state index in [0.29, 0.717) is 18.7 Å². The van der Waals surface area contributed by atoms with Crippen LogP contribution in [0.15, 0.2) is 48.5 Å². The van der Waals surface area contributed by atoms with E-state index in [0.717, 1.165) is 24.3 Å². The van der Waals surface area contributed by atoms with Crippen molar-refractivity contribution >= 4 is 17.3 Å². The van der Waals surface area contributed by atoms with Crippen molar-refractivity contribution in [1.29, 1.82) is 0 Å². The smallest absolute Gasteiger partial charge is 0.270 e. The Morgan fingerprint density at radius 1 is 1.19 bits per heavy atom. The van der Waals surface area contributed by atoms with Crippen LogP contribution in [0, 0.1) is 10.1 Å². The van der Waals surface area contributed by atoms with Gasteiger partial charge in [0.25, 0.3) is 11.6 Å². The zero-order valence-corrected chi connectivity index (χ0v) is 14.6. The highest BCUT2D eigenvalue weighted by atomic mass is 16.6. The van der Waals surface area contributed by atoms with Gasteiger partial charge in [-0.2, -0.15) is 0 Å². The summed E-state index contributed by atoms with van der Waals surface area (Å²) in [4.78, 5) is 24.7. The number of benzene rings is 2. The van der Waals surface area contributed by atoms with Crippen molar-refractivity contribution in [3.05, 3.63) is 64.2 Å². The fraction of sp³-hybridized carbons (Fsp3) is 0.316. The molecule has 7 heteroatoms. The number of nitro groups is 1. The molecule has 3 rings (SSSR count). The lowest BCUT2D eigenvalue weighted by atomic mass is 10.0. The summed E-state index contributed by atoms with van der Waals surface area (Å²) < 4.78 is 5.23. The minimum absolute atomic E-state index is 0.0644. The maximum absolute atomic E-state index is 12.6. The summed E-state index contributed by atoms with van der Waals surface area (Å²) in [6, 6.07) is 13.9. The lowest BCUT2D eigenvalue weighted by molar-refractivity contribution is -0.384. The van der Waals surface area contributed by atoms with Gasteiger partial charge in [0.2, 0.25) is 0 Å². The molecular formula is C19H21N3O4. The molecule has 0 bridgehead atoms. The van der Waals surface area contributed by atoms with Gasteiger partial charge in [-0.25, -0.2) is 0 Å². The summed E-state index contributed by atoms with van der Waals surface area (Å²) in [7, 11) is 1.64. The SMILES string of the molecule is COc1cccc(NC2CCN(C(=O)c3cccc([N+](=O)[O-])c3)CC2)c1. The molecule has 0 radical (unpaired) electrons. The van der Waals surface area contributed by atoms with Crippen LogP contribution in [0.4, 0.5) is 11.4 Å². The van der Waals surface area contributed by atoms with Crippen molar-refractivity contribution in [2.45, 2.75) is 18.9 Å². The van der Waals surface area contributed by atoms with E-state index in [2.05, 4.69) is 5.32 Å². The van der Waals surface area contributed by atoms with Gasteiger partial charge in [0.1, 0.15) is 5.75 Å². The standard InChI is InChI=1S/C19H21N3O4/c1-26-18-7-3-5-16(13-18)20-15-8-10-21(11-9-15)19(23)14-4-2-6-17(12-14)22(24)25/h2-7,12-13,15,20H,8-11H2,1H3. The minimum atomic E-state index is -0.485. The number of nitro benzene ring substituents is 1. The van der Waals surface area contributed by atoms with Crippen LogP contribution in [0.1, 0.15) is 23.2 Å². The number of methoxy groups -OCH3 is 1. The van der Waals surface area contributed by atoms with Gasteiger partial charge < -0.3 is 15.0 Å². The van der Waals surface area contributed by atoms with E-state index in [1.165, 1.54) is 12.1 Å². The first kappa shape index (κ1) is 17.7. The van der Waals surface area contributed by atoms with Crippen molar-refractivity contribution in [2.24, 2.45) is 0 Å². The van der Waals surface area contributed by atoms with Crippen LogP contribution >= 0.6 is 0 Å². The number of anilines is 1. The molecule has 0 aromatic heterocycles. The van der Waals surface area contributed by atoms with Crippen molar-refractivity contribution in [3.63, 3.8) is 0 Å². The van der Waals surface area contributed by atoms with E-state index in [9.17, 15) is 14.9 Å². The van der Waals surface area contributed by atoms with Gasteiger partial charge in [0.05, 0.1) is 12.0 Å². The molecule has 1 saturated heterocycles. The molecule has 0 spiro atoms. The van der Waals surface area contributed by atoms with E-state index >= 15 is 0 Å². The molecule has 1 aliphatic heterocycles. The third-order valence-corrected chi connectivity index (χ3v) is 4.53. The Balaban J connectivity index is 1.58. The largest absolute Gasteiger partial charge is 0.497 e. The zero-order valence-electron chi connectivity index (χ0n) is 14.6. The van der Waals surface area contributed by atoms with Crippen LogP contribution in [0.5, 0.6) is 5.75 Å². The maximum atomic E-state index is 12.6. The number of carbonyl (C=O) groups is 1. The van der Waals surface area contributed by atoms with Gasteiger partial charge in [-0.15, -0.1) is 0 Å². The number of rotatable bonds is 5. The lowest BCUT2D eigenvalue weighted by Crippen LogP contribution is -2.42. The Bertz CT molecular complexity index is 801. The van der Waals surface area contributed by atoms with Crippen molar-refractivity contribution in [3.8, 4) is 5.75 Å². The van der Waals surface area contributed by atoms with E-state index in [-0.39, 0.29) is 17.6 Å². The topological polar surface area (TPSA) is 84.7 Å². The third kappa shape index (κ3) is 4.11. The average molecular weight is 355 g/mol. The molecule has 0 aliphatic carbocycles. The van der Waals surface area contributed by atoms with E-state index < -0.39 is 4.92 Å². The molecule has 2 aromatic rings. The summed E-state index contributed by atoms with van der Waals surface area (Å²) in [5, 5.41) is 14.3. The Kier molecular flexibility index (Phi) is 5.36. The number of non-ortho nitro benzene ring substituents is 1. The van der Waals surface area contributed by atoms with E-state index in [4.69, 9.17) is 4.74 Å². The number of nitrogens with zero attached hydrogens (tertiary/aromatic N) is 2. The number of likely N-dealkylation sites (tertiary alicyclic amines) is 1. The second-order valence-corrected chi connectivity index (χ2v) is 6.25. The first-order chi connectivity index (χ1) is 12.6. The summed E-state index contributed by atoms with van der Waals surface area (Å²) in [6.07, 6.45) is 1.63. The molecule has 1 heterocycles. The highest BCUT2D eigenvalue weighted by molar-refractivity contribution is 5.94. The second kappa shape index (κ2) is 7.86. The molecule has 0 saturated carbocycles. The maximum Gasteiger partial charge on any atom is 0.270 e. The van der Waals surface area contributed by atoms with Gasteiger partial charge in [0.15, 0.2) is 0 Å². The number of piperidine rings is 1. The normalized spacial score (nSPS) is 14.7. The number of carbonyl (C=O) groups excluding carboxylic acids is 1. The molecule has 1 aliphatic rings. The number of hydrogen-bond donors (Lipinski definition) is 1. The van der Waals surface area contributed by atoms with Crippen LogP contribution in [-0.4, -0.2) is 42.0 Å². The summed E-state index contributed by atoms with van der Waals surface area (Å²) in [5.41, 5.74) is 1.29. The predicted octanol–water partition coefficient (Wildman–Crippen LogP) is 3.32. The molecular weight excluding hydrogens is 334 g/mol. The van der Waals surface area contributed by atoms with E-state index in [1.807, 2.05) is 24.3 Å². The van der Waals surface area contributed by atoms with Crippen LogP contribution in [0.3, 0.4) is 0 Å². The molecule has 1 fully saturated rings. The Hall–Kier alpha value is -3.09. The average Bonchev–Trinajstić information content (AvgIpc) is 2.68. The van der Waals surface area contributed by atoms with Gasteiger partial charge in [-0.3, -0.25) is 14.9 Å². The fourth-order valence-electron chi connectivity index (χ4n) is 3.11. The number of amides is 1. The third-order valence-electron chi connectivity index (χ3n) is 4.53. The first-order valence-electron chi connectivity index (χ1n) is 8.51. The van der Waals surface area contributed by atoms with Crippen LogP contribution < -0.4 is 10.1 Å². The molecule has 2 aromatic carbocycles. The summed E-state index contributed by atoms with van der Waals surface area (Å²) in [6.45, 7) is 1.23. The fourth-order valence-corrected chi connectivity index (χ4v) is 3.11. The van der Waals surface area contributed by atoms with Crippen molar-refractivity contribution in [2.75, 3.05) is 25.5 Å². The number of ether oxygens (including phenoxy) is 1. The first-order valence-corrected chi connectivity index (χ1v) is 8.51. The number of nitrogens with one attached hydrogen (secondary N) is 1.